The van der Waals surface area contributed by atoms with Crippen LogP contribution in [0.1, 0.15) is 37.1 Å². The molecular weight excluding hydrogens is 404 g/mol. The van der Waals surface area contributed by atoms with Gasteiger partial charge in [-0.15, -0.1) is 0 Å². The van der Waals surface area contributed by atoms with Crippen LogP contribution in [-0.2, 0) is 13.1 Å². The van der Waals surface area contributed by atoms with Crippen molar-refractivity contribution in [2.45, 2.75) is 44.9 Å². The molecule has 1 aliphatic rings. The normalized spacial score (nSPS) is 13.5. The molecule has 0 spiro atoms. The molecule has 2 aromatic heterocycles. The molecule has 2 amide bonds. The van der Waals surface area contributed by atoms with E-state index in [2.05, 4.69) is 15.3 Å². The highest BCUT2D eigenvalue weighted by molar-refractivity contribution is 5.89. The highest BCUT2D eigenvalue weighted by atomic mass is 16.5. The van der Waals surface area contributed by atoms with Crippen LogP contribution in [0.2, 0.25) is 0 Å². The SMILES string of the molecule is COc1ccc(NC(=O)N(Cc2ccccn2)Cc2ccccn2)cc1OC1CCCC1. The van der Waals surface area contributed by atoms with Gasteiger partial charge in [-0.25, -0.2) is 4.79 Å². The number of anilines is 1. The fraction of sp³-hybridized carbons (Fsp3) is 0.320. The zero-order chi connectivity index (χ0) is 22.2. The van der Waals surface area contributed by atoms with E-state index in [1.165, 1.54) is 12.8 Å². The summed E-state index contributed by atoms with van der Waals surface area (Å²) in [6.07, 6.45) is 8.09. The zero-order valence-electron chi connectivity index (χ0n) is 18.2. The minimum atomic E-state index is -0.238. The molecule has 0 atom stereocenters. The molecule has 0 bridgehead atoms. The average molecular weight is 433 g/mol. The van der Waals surface area contributed by atoms with Crippen molar-refractivity contribution in [1.82, 2.24) is 14.9 Å². The van der Waals surface area contributed by atoms with Crippen LogP contribution < -0.4 is 14.8 Å². The van der Waals surface area contributed by atoms with Crippen LogP contribution >= 0.6 is 0 Å². The van der Waals surface area contributed by atoms with Gasteiger partial charge in [-0.3, -0.25) is 9.97 Å². The lowest BCUT2D eigenvalue weighted by Crippen LogP contribution is -2.34. The number of nitrogens with one attached hydrogen (secondary N) is 1. The summed E-state index contributed by atoms with van der Waals surface area (Å²) < 4.78 is 11.6. The maximum atomic E-state index is 13.2. The van der Waals surface area contributed by atoms with E-state index in [1.807, 2.05) is 54.6 Å². The molecule has 1 saturated carbocycles. The molecule has 1 fully saturated rings. The maximum absolute atomic E-state index is 13.2. The molecule has 32 heavy (non-hydrogen) atoms. The topological polar surface area (TPSA) is 76.6 Å². The number of pyridine rings is 2. The molecule has 3 aromatic rings. The van der Waals surface area contributed by atoms with Crippen molar-refractivity contribution >= 4 is 11.7 Å². The van der Waals surface area contributed by atoms with Crippen LogP contribution in [0.4, 0.5) is 10.5 Å². The van der Waals surface area contributed by atoms with E-state index in [-0.39, 0.29) is 12.1 Å². The fourth-order valence-electron chi connectivity index (χ4n) is 3.81. The minimum absolute atomic E-state index is 0.194. The Labute approximate surface area is 188 Å². The van der Waals surface area contributed by atoms with Crippen LogP contribution in [0.15, 0.2) is 67.0 Å². The molecular formula is C25H28N4O3. The molecule has 1 aromatic carbocycles. The van der Waals surface area contributed by atoms with Gasteiger partial charge in [-0.1, -0.05) is 12.1 Å². The molecule has 1 aliphatic carbocycles. The second-order valence-corrected chi connectivity index (χ2v) is 7.82. The number of hydrogen-bond donors (Lipinski definition) is 1. The quantitative estimate of drug-likeness (QED) is 0.540. The Balaban J connectivity index is 1.51. The minimum Gasteiger partial charge on any atom is -0.493 e. The van der Waals surface area contributed by atoms with Crippen molar-refractivity contribution in [1.29, 1.82) is 0 Å². The predicted molar refractivity (Wildman–Crippen MR) is 123 cm³/mol. The van der Waals surface area contributed by atoms with E-state index >= 15 is 0 Å². The van der Waals surface area contributed by atoms with Crippen molar-refractivity contribution in [3.8, 4) is 11.5 Å². The van der Waals surface area contributed by atoms with Gasteiger partial charge in [0.1, 0.15) is 0 Å². The second kappa shape index (κ2) is 10.6. The summed E-state index contributed by atoms with van der Waals surface area (Å²) in [6, 6.07) is 16.6. The van der Waals surface area contributed by atoms with Gasteiger partial charge in [-0.2, -0.15) is 0 Å². The van der Waals surface area contributed by atoms with E-state index in [4.69, 9.17) is 9.47 Å². The van der Waals surface area contributed by atoms with Gasteiger partial charge in [0.15, 0.2) is 11.5 Å². The van der Waals surface area contributed by atoms with Crippen molar-refractivity contribution in [2.24, 2.45) is 0 Å². The summed E-state index contributed by atoms with van der Waals surface area (Å²) in [6.45, 7) is 0.732. The second-order valence-electron chi connectivity index (χ2n) is 7.82. The highest BCUT2D eigenvalue weighted by Gasteiger charge is 2.20. The Kier molecular flexibility index (Phi) is 7.17. The van der Waals surface area contributed by atoms with Crippen molar-refractivity contribution < 1.29 is 14.3 Å². The lowest BCUT2D eigenvalue weighted by atomic mass is 10.2. The third-order valence-corrected chi connectivity index (χ3v) is 5.46. The third kappa shape index (κ3) is 5.75. The first-order valence-corrected chi connectivity index (χ1v) is 10.9. The number of methoxy groups -OCH3 is 1. The molecule has 7 heteroatoms. The summed E-state index contributed by atoms with van der Waals surface area (Å²) >= 11 is 0. The number of aromatic nitrogens is 2. The van der Waals surface area contributed by atoms with Crippen LogP contribution in [0.25, 0.3) is 0 Å². The molecule has 2 heterocycles. The van der Waals surface area contributed by atoms with Gasteiger partial charge in [0.05, 0.1) is 37.7 Å². The number of benzene rings is 1. The largest absolute Gasteiger partial charge is 0.493 e. The summed E-state index contributed by atoms with van der Waals surface area (Å²) in [5.41, 5.74) is 2.26. The van der Waals surface area contributed by atoms with Gasteiger partial charge < -0.3 is 19.7 Å². The molecule has 0 radical (unpaired) electrons. The standard InChI is InChI=1S/C25H28N4O3/c1-31-23-13-12-19(16-24(23)32-22-10-2-3-11-22)28-25(30)29(17-20-8-4-6-14-26-20)18-21-9-5-7-15-27-21/h4-9,12-16,22H,2-3,10-11,17-18H2,1H3,(H,28,30). The first-order chi connectivity index (χ1) is 15.7. The van der Waals surface area contributed by atoms with Gasteiger partial charge in [0, 0.05) is 24.1 Å². The van der Waals surface area contributed by atoms with Crippen molar-refractivity contribution in [3.05, 3.63) is 78.4 Å². The molecule has 0 saturated heterocycles. The summed E-state index contributed by atoms with van der Waals surface area (Å²) in [5.74, 6) is 1.31. The molecule has 166 valence electrons. The first-order valence-electron chi connectivity index (χ1n) is 10.9. The van der Waals surface area contributed by atoms with Crippen LogP contribution in [0.5, 0.6) is 11.5 Å². The van der Waals surface area contributed by atoms with Crippen molar-refractivity contribution in [3.63, 3.8) is 0 Å². The lowest BCUT2D eigenvalue weighted by Gasteiger charge is -2.23. The number of hydrogen-bond acceptors (Lipinski definition) is 5. The van der Waals surface area contributed by atoms with E-state index in [1.54, 1.807) is 24.4 Å². The smallest absolute Gasteiger partial charge is 0.322 e. The monoisotopic (exact) mass is 432 g/mol. The van der Waals surface area contributed by atoms with Gasteiger partial charge in [0.25, 0.3) is 0 Å². The summed E-state index contributed by atoms with van der Waals surface area (Å²) in [4.78, 5) is 23.6. The Morgan fingerprint density at radius 3 is 2.19 bits per heavy atom. The molecule has 1 N–H and O–H groups in total. The van der Waals surface area contributed by atoms with Crippen molar-refractivity contribution in [2.75, 3.05) is 12.4 Å². The van der Waals surface area contributed by atoms with Gasteiger partial charge in [0.2, 0.25) is 0 Å². The molecule has 0 unspecified atom stereocenters. The number of nitrogens with zero attached hydrogens (tertiary/aromatic N) is 3. The Morgan fingerprint density at radius 2 is 1.62 bits per heavy atom. The number of urea groups is 1. The molecule has 4 rings (SSSR count). The first kappa shape index (κ1) is 21.6. The molecule has 7 nitrogen and oxygen atoms in total. The van der Waals surface area contributed by atoms with E-state index in [0.29, 0.717) is 30.3 Å². The molecule has 0 aliphatic heterocycles. The number of ether oxygens (including phenoxy) is 2. The average Bonchev–Trinajstić information content (AvgIpc) is 3.33. The van der Waals surface area contributed by atoms with Crippen LogP contribution in [-0.4, -0.2) is 34.1 Å². The van der Waals surface area contributed by atoms with Crippen LogP contribution in [0.3, 0.4) is 0 Å². The fourth-order valence-corrected chi connectivity index (χ4v) is 3.81. The lowest BCUT2D eigenvalue weighted by molar-refractivity contribution is 0.200. The highest BCUT2D eigenvalue weighted by Crippen LogP contribution is 2.34. The van der Waals surface area contributed by atoms with Gasteiger partial charge >= 0.3 is 6.03 Å². The zero-order valence-corrected chi connectivity index (χ0v) is 18.2. The van der Waals surface area contributed by atoms with E-state index in [9.17, 15) is 4.79 Å². The Morgan fingerprint density at radius 1 is 0.969 bits per heavy atom. The summed E-state index contributed by atoms with van der Waals surface area (Å²) in [5, 5.41) is 3.00. The number of carbonyl (C=O) groups excluding carboxylic acids is 1. The van der Waals surface area contributed by atoms with E-state index < -0.39 is 0 Å². The van der Waals surface area contributed by atoms with E-state index in [0.717, 1.165) is 24.2 Å². The third-order valence-electron chi connectivity index (χ3n) is 5.46. The number of rotatable bonds is 8. The summed E-state index contributed by atoms with van der Waals surface area (Å²) in [7, 11) is 1.62. The maximum Gasteiger partial charge on any atom is 0.322 e. The number of amides is 2. The van der Waals surface area contributed by atoms with Crippen LogP contribution in [0, 0.1) is 0 Å². The Bertz CT molecular complexity index is 967. The predicted octanol–water partition coefficient (Wildman–Crippen LogP) is 5.04. The number of carbonyl (C=O) groups is 1. The Hall–Kier alpha value is -3.61. The van der Waals surface area contributed by atoms with Gasteiger partial charge in [-0.05, 0) is 62.1 Å².